The molecule has 0 spiro atoms. The van der Waals surface area contributed by atoms with Crippen molar-refractivity contribution in [1.29, 1.82) is 0 Å². The lowest BCUT2D eigenvalue weighted by Gasteiger charge is -2.38. The molecule has 4 N–H and O–H groups in total. The first-order valence-corrected chi connectivity index (χ1v) is 17.0. The fraction of sp³-hybridized carbons (Fsp3) is 0.526. The van der Waals surface area contributed by atoms with Gasteiger partial charge in [-0.1, -0.05) is 93.7 Å². The molecule has 0 aromatic rings. The number of carboxylic acids is 1. The summed E-state index contributed by atoms with van der Waals surface area (Å²) in [5.41, 5.74) is 0.105. The predicted octanol–water partition coefficient (Wildman–Crippen LogP) is 6.56. The summed E-state index contributed by atoms with van der Waals surface area (Å²) in [7, 11) is 0. The molecule has 0 saturated carbocycles. The number of carbonyl (C=O) groups excluding carboxylic acids is 3. The first-order valence-electron chi connectivity index (χ1n) is 17.0. The van der Waals surface area contributed by atoms with Crippen molar-refractivity contribution in [3.05, 3.63) is 84.6 Å². The summed E-state index contributed by atoms with van der Waals surface area (Å²) in [4.78, 5) is 48.8. The Morgan fingerprint density at radius 2 is 1.30 bits per heavy atom. The first-order chi connectivity index (χ1) is 22.7. The number of amides is 3. The second-order valence-electron chi connectivity index (χ2n) is 11.4. The van der Waals surface area contributed by atoms with Gasteiger partial charge in [-0.15, -0.1) is 0 Å². The van der Waals surface area contributed by atoms with Gasteiger partial charge in [0.25, 0.3) is 0 Å². The molecule has 0 aromatic carbocycles. The van der Waals surface area contributed by atoms with E-state index in [1.165, 1.54) is 13.0 Å². The van der Waals surface area contributed by atoms with Crippen molar-refractivity contribution in [2.24, 2.45) is 0 Å². The monoisotopic (exact) mass is 651 g/mol. The van der Waals surface area contributed by atoms with E-state index in [-0.39, 0.29) is 42.9 Å². The predicted molar refractivity (Wildman–Crippen MR) is 190 cm³/mol. The van der Waals surface area contributed by atoms with Gasteiger partial charge in [0, 0.05) is 25.3 Å². The van der Waals surface area contributed by atoms with Crippen LogP contribution in [0.4, 0.5) is 0 Å². The number of carboxylic acid groups (broad SMARTS) is 1. The lowest BCUT2D eigenvalue weighted by atomic mass is 9.87. The topological polar surface area (TPSA) is 134 Å². The third kappa shape index (κ3) is 20.0. The van der Waals surface area contributed by atoms with E-state index in [1.54, 1.807) is 0 Å². The van der Waals surface area contributed by atoms with Gasteiger partial charge in [-0.3, -0.25) is 14.4 Å². The summed E-state index contributed by atoms with van der Waals surface area (Å²) in [5, 5.41) is 17.9. The Labute approximate surface area is 282 Å². The van der Waals surface area contributed by atoms with Crippen LogP contribution in [0.2, 0.25) is 0 Å². The van der Waals surface area contributed by atoms with Crippen molar-refractivity contribution in [3.63, 3.8) is 0 Å². The Hall–Kier alpha value is -3.98. The maximum Gasteiger partial charge on any atom is 0.331 e. The van der Waals surface area contributed by atoms with E-state index in [0.29, 0.717) is 6.42 Å². The van der Waals surface area contributed by atoms with Crippen LogP contribution < -0.4 is 16.0 Å². The summed E-state index contributed by atoms with van der Waals surface area (Å²) in [6, 6.07) is -1.36. The van der Waals surface area contributed by atoms with Crippen LogP contribution >= 0.6 is 0 Å². The standard InChI is InChI=1S/C38H57N3O6/c1-5-8-9-10-11-12-13-14-15-16-17-18-19-20-21-22-23-24-25-26-35(43)39-29-36(44)41-33-27-31(38(45)46)28-34(37(33)40-30(4)42)47-32(6-2)7-3/h8-9,11-12,14-15,17-18,20-21,23-24,28,32-34,37H,5-7,10,13,16,19,22,25-27,29H2,1-4H3,(H,39,43)(H,40,42)(H,41,44)(H,45,46)/b9-8-,12-11-,15-14-,18-17-,21-20-,24-23-. The SMILES string of the molecule is CC/C=C\C/C=C\C/C=C\C/C=C\C/C=C\C/C=C\CCC(=O)NCC(=O)NC1CC(C(=O)O)=CC(OC(CC)CC)C1NC(C)=O. The Balaban J connectivity index is 2.38. The van der Waals surface area contributed by atoms with Crippen LogP contribution in [-0.4, -0.2) is 59.6 Å². The molecule has 0 heterocycles. The summed E-state index contributed by atoms with van der Waals surface area (Å²) in [5.74, 6) is -2.16. The molecule has 9 nitrogen and oxygen atoms in total. The molecule has 0 bridgehead atoms. The molecule has 0 saturated heterocycles. The molecular weight excluding hydrogens is 594 g/mol. The Morgan fingerprint density at radius 3 is 1.77 bits per heavy atom. The second-order valence-corrected chi connectivity index (χ2v) is 11.4. The van der Waals surface area contributed by atoms with Crippen LogP contribution in [0.15, 0.2) is 84.6 Å². The van der Waals surface area contributed by atoms with E-state index < -0.39 is 30.1 Å². The van der Waals surface area contributed by atoms with Gasteiger partial charge in [-0.25, -0.2) is 4.79 Å². The zero-order valence-corrected chi connectivity index (χ0v) is 28.8. The summed E-state index contributed by atoms with van der Waals surface area (Å²) >= 11 is 0. The lowest BCUT2D eigenvalue weighted by Crippen LogP contribution is -2.60. The van der Waals surface area contributed by atoms with Gasteiger partial charge in [0.2, 0.25) is 17.7 Å². The minimum absolute atomic E-state index is 0.0193. The maximum absolute atomic E-state index is 12.7. The van der Waals surface area contributed by atoms with Crippen molar-refractivity contribution in [1.82, 2.24) is 16.0 Å². The normalized spacial score (nSPS) is 18.7. The Bertz CT molecular complexity index is 1160. The molecule has 9 heteroatoms. The molecule has 0 aromatic heterocycles. The molecule has 3 amide bonds. The number of aliphatic carboxylic acids is 1. The van der Waals surface area contributed by atoms with E-state index in [2.05, 4.69) is 83.6 Å². The van der Waals surface area contributed by atoms with Gasteiger partial charge >= 0.3 is 5.97 Å². The van der Waals surface area contributed by atoms with Gasteiger partial charge in [0.05, 0.1) is 30.8 Å². The highest BCUT2D eigenvalue weighted by atomic mass is 16.5. The number of allylic oxidation sites excluding steroid dienone is 12. The van der Waals surface area contributed by atoms with Gasteiger partial charge in [-0.05, 0) is 63.9 Å². The fourth-order valence-electron chi connectivity index (χ4n) is 4.89. The van der Waals surface area contributed by atoms with Crippen molar-refractivity contribution in [2.75, 3.05) is 6.54 Å². The van der Waals surface area contributed by atoms with Gasteiger partial charge in [0.1, 0.15) is 0 Å². The molecule has 3 unspecified atom stereocenters. The average molecular weight is 652 g/mol. The van der Waals surface area contributed by atoms with E-state index in [4.69, 9.17) is 4.74 Å². The molecule has 0 fully saturated rings. The number of hydrogen-bond acceptors (Lipinski definition) is 5. The molecule has 1 rings (SSSR count). The molecule has 47 heavy (non-hydrogen) atoms. The highest BCUT2D eigenvalue weighted by molar-refractivity contribution is 5.88. The molecular formula is C38H57N3O6. The largest absolute Gasteiger partial charge is 0.478 e. The molecule has 0 radical (unpaired) electrons. The number of rotatable bonds is 23. The number of nitrogens with one attached hydrogen (secondary N) is 3. The Morgan fingerprint density at radius 1 is 0.787 bits per heavy atom. The van der Waals surface area contributed by atoms with Gasteiger partial charge < -0.3 is 25.8 Å². The number of hydrogen-bond donors (Lipinski definition) is 4. The zero-order valence-electron chi connectivity index (χ0n) is 28.8. The van der Waals surface area contributed by atoms with E-state index in [0.717, 1.165) is 51.4 Å². The highest BCUT2D eigenvalue weighted by Crippen LogP contribution is 2.24. The zero-order chi connectivity index (χ0) is 34.7. The smallest absolute Gasteiger partial charge is 0.331 e. The fourth-order valence-corrected chi connectivity index (χ4v) is 4.89. The summed E-state index contributed by atoms with van der Waals surface area (Å²) in [6.45, 7) is 7.18. The van der Waals surface area contributed by atoms with Crippen molar-refractivity contribution in [3.8, 4) is 0 Å². The average Bonchev–Trinajstić information content (AvgIpc) is 3.04. The lowest BCUT2D eigenvalue weighted by molar-refractivity contribution is -0.133. The van der Waals surface area contributed by atoms with Gasteiger partial charge in [-0.2, -0.15) is 0 Å². The second kappa shape index (κ2) is 26.1. The van der Waals surface area contributed by atoms with Crippen LogP contribution in [0, 0.1) is 0 Å². The highest BCUT2D eigenvalue weighted by Gasteiger charge is 2.38. The van der Waals surface area contributed by atoms with E-state index >= 15 is 0 Å². The van der Waals surface area contributed by atoms with Crippen LogP contribution in [-0.2, 0) is 23.9 Å². The number of ether oxygens (including phenoxy) is 1. The molecule has 3 atom stereocenters. The Kier molecular flexibility index (Phi) is 22.8. The summed E-state index contributed by atoms with van der Waals surface area (Å²) in [6.07, 6.45) is 34.1. The quantitative estimate of drug-likeness (QED) is 0.0926. The minimum atomic E-state index is -1.11. The van der Waals surface area contributed by atoms with E-state index in [9.17, 15) is 24.3 Å². The molecule has 0 aliphatic heterocycles. The first kappa shape index (κ1) is 41.0. The van der Waals surface area contributed by atoms with Gasteiger partial charge in [0.15, 0.2) is 0 Å². The maximum atomic E-state index is 12.7. The van der Waals surface area contributed by atoms with Crippen LogP contribution in [0.1, 0.15) is 98.3 Å². The van der Waals surface area contributed by atoms with Crippen LogP contribution in [0.5, 0.6) is 0 Å². The van der Waals surface area contributed by atoms with Crippen molar-refractivity contribution in [2.45, 2.75) is 123 Å². The van der Waals surface area contributed by atoms with Crippen LogP contribution in [0.25, 0.3) is 0 Å². The third-order valence-corrected chi connectivity index (χ3v) is 7.42. The van der Waals surface area contributed by atoms with E-state index in [1.807, 2.05) is 26.0 Å². The summed E-state index contributed by atoms with van der Waals surface area (Å²) < 4.78 is 6.13. The molecule has 260 valence electrons. The number of carbonyl (C=O) groups is 4. The third-order valence-electron chi connectivity index (χ3n) is 7.42. The molecule has 1 aliphatic carbocycles. The van der Waals surface area contributed by atoms with Crippen molar-refractivity contribution >= 4 is 23.7 Å². The minimum Gasteiger partial charge on any atom is -0.478 e. The molecule has 1 aliphatic rings. The van der Waals surface area contributed by atoms with Crippen LogP contribution in [0.3, 0.4) is 0 Å². The van der Waals surface area contributed by atoms with Crippen molar-refractivity contribution < 1.29 is 29.0 Å².